The molecule has 0 fully saturated rings. The molecule has 0 spiro atoms. The van der Waals surface area contributed by atoms with Crippen LogP contribution in [-0.4, -0.2) is 67.2 Å². The minimum Gasteiger partial charge on any atom is -0.497 e. The van der Waals surface area contributed by atoms with Gasteiger partial charge in [-0.3, -0.25) is 4.79 Å². The summed E-state index contributed by atoms with van der Waals surface area (Å²) in [5.41, 5.74) is 1.40. The van der Waals surface area contributed by atoms with Gasteiger partial charge in [0.25, 0.3) is 5.91 Å². The summed E-state index contributed by atoms with van der Waals surface area (Å²) in [4.78, 5) is 14.7. The number of nitrogens with zero attached hydrogens (tertiary/aromatic N) is 1. The Labute approximate surface area is 178 Å². The Morgan fingerprint density at radius 3 is 2.40 bits per heavy atom. The Balaban J connectivity index is 2.04. The molecule has 164 valence electrons. The molecule has 2 aromatic carbocycles. The number of benzene rings is 2. The van der Waals surface area contributed by atoms with E-state index >= 15 is 0 Å². The van der Waals surface area contributed by atoms with E-state index in [4.69, 9.17) is 9.47 Å². The summed E-state index contributed by atoms with van der Waals surface area (Å²) in [6.07, 6.45) is 0. The van der Waals surface area contributed by atoms with Crippen LogP contribution in [0.3, 0.4) is 0 Å². The van der Waals surface area contributed by atoms with Crippen LogP contribution in [0, 0.1) is 0 Å². The normalized spacial score (nSPS) is 12.6. The van der Waals surface area contributed by atoms with Crippen molar-refractivity contribution in [3.8, 4) is 5.75 Å². The second kappa shape index (κ2) is 11.1. The first-order valence-corrected chi connectivity index (χ1v) is 10.9. The maximum absolute atomic E-state index is 12.6. The van der Waals surface area contributed by atoms with Crippen LogP contribution in [0.15, 0.2) is 53.4 Å². The van der Waals surface area contributed by atoms with E-state index in [1.807, 2.05) is 43.3 Å². The second-order valence-electron chi connectivity index (χ2n) is 6.88. The van der Waals surface area contributed by atoms with Crippen molar-refractivity contribution in [2.24, 2.45) is 0 Å². The Bertz CT molecular complexity index is 930. The Kier molecular flexibility index (Phi) is 8.79. The summed E-state index contributed by atoms with van der Waals surface area (Å²) in [6, 6.07) is 13.5. The summed E-state index contributed by atoms with van der Waals surface area (Å²) in [5.74, 6) is 0.475. The summed E-state index contributed by atoms with van der Waals surface area (Å²) in [7, 11) is 3.35. The molecule has 2 rings (SSSR count). The van der Waals surface area contributed by atoms with Crippen LogP contribution in [0.1, 0.15) is 22.0 Å². The minimum atomic E-state index is -3.63. The third-order valence-corrected chi connectivity index (χ3v) is 6.06. The van der Waals surface area contributed by atoms with E-state index in [9.17, 15) is 13.2 Å². The van der Waals surface area contributed by atoms with Crippen LogP contribution < -0.4 is 14.8 Å². The van der Waals surface area contributed by atoms with Gasteiger partial charge >= 0.3 is 0 Å². The van der Waals surface area contributed by atoms with E-state index in [-0.39, 0.29) is 30.0 Å². The fraction of sp³-hybridized carbons (Fsp3) is 0.381. The summed E-state index contributed by atoms with van der Waals surface area (Å²) in [6.45, 7) is 0.842. The highest BCUT2D eigenvalue weighted by Gasteiger charge is 2.18. The van der Waals surface area contributed by atoms with Crippen molar-refractivity contribution in [1.29, 1.82) is 0 Å². The molecule has 8 nitrogen and oxygen atoms in total. The Morgan fingerprint density at radius 2 is 1.80 bits per heavy atom. The number of amides is 1. The van der Waals surface area contributed by atoms with E-state index in [0.717, 1.165) is 11.3 Å². The van der Waals surface area contributed by atoms with Gasteiger partial charge in [-0.2, -0.15) is 0 Å². The van der Waals surface area contributed by atoms with Crippen molar-refractivity contribution in [2.75, 3.05) is 48.0 Å². The summed E-state index contributed by atoms with van der Waals surface area (Å²) in [5, 5.41) is 2.91. The molecule has 1 unspecified atom stereocenters. The molecule has 9 heteroatoms. The number of ether oxygens (including phenoxy) is 2. The van der Waals surface area contributed by atoms with Crippen molar-refractivity contribution >= 4 is 15.9 Å². The second-order valence-corrected chi connectivity index (χ2v) is 8.65. The topological polar surface area (TPSA) is 97.0 Å². The highest BCUT2D eigenvalue weighted by atomic mass is 32.2. The Hall–Kier alpha value is -2.46. The minimum absolute atomic E-state index is 0.0475. The van der Waals surface area contributed by atoms with E-state index in [2.05, 4.69) is 10.0 Å². The molecule has 2 aromatic rings. The average Bonchev–Trinajstić information content (AvgIpc) is 2.74. The van der Waals surface area contributed by atoms with Crippen LogP contribution >= 0.6 is 0 Å². The highest BCUT2D eigenvalue weighted by molar-refractivity contribution is 7.89. The van der Waals surface area contributed by atoms with Crippen LogP contribution in [0.4, 0.5) is 0 Å². The van der Waals surface area contributed by atoms with Crippen molar-refractivity contribution in [2.45, 2.75) is 10.9 Å². The SMILES string of the molecule is COCCNS(=O)(=O)c1ccc(C(=O)NCC(c2cccc(OC)c2)N(C)C)cc1. The Morgan fingerprint density at radius 1 is 1.10 bits per heavy atom. The lowest BCUT2D eigenvalue weighted by Crippen LogP contribution is -2.34. The zero-order chi connectivity index (χ0) is 22.1. The molecule has 30 heavy (non-hydrogen) atoms. The first kappa shape index (κ1) is 23.8. The lowest BCUT2D eigenvalue weighted by molar-refractivity contribution is 0.0942. The van der Waals surface area contributed by atoms with Crippen molar-refractivity contribution in [3.05, 3.63) is 59.7 Å². The van der Waals surface area contributed by atoms with Crippen molar-refractivity contribution in [1.82, 2.24) is 14.9 Å². The van der Waals surface area contributed by atoms with Gasteiger partial charge < -0.3 is 19.7 Å². The smallest absolute Gasteiger partial charge is 0.251 e. The van der Waals surface area contributed by atoms with Gasteiger partial charge in [-0.15, -0.1) is 0 Å². The molecule has 0 aliphatic heterocycles. The number of hydrogen-bond acceptors (Lipinski definition) is 6. The molecule has 0 saturated heterocycles. The molecule has 0 aromatic heterocycles. The van der Waals surface area contributed by atoms with E-state index in [1.54, 1.807) is 7.11 Å². The van der Waals surface area contributed by atoms with Crippen molar-refractivity contribution < 1.29 is 22.7 Å². The predicted octanol–water partition coefficient (Wildman–Crippen LogP) is 1.65. The molecular formula is C21H29N3O5S. The van der Waals surface area contributed by atoms with Gasteiger partial charge in [0.2, 0.25) is 10.0 Å². The molecule has 0 heterocycles. The molecule has 0 radical (unpaired) electrons. The highest BCUT2D eigenvalue weighted by Crippen LogP contribution is 2.22. The van der Waals surface area contributed by atoms with Gasteiger partial charge in [0, 0.05) is 25.8 Å². The number of methoxy groups -OCH3 is 2. The number of rotatable bonds is 11. The quantitative estimate of drug-likeness (QED) is 0.521. The molecular weight excluding hydrogens is 406 g/mol. The lowest BCUT2D eigenvalue weighted by atomic mass is 10.1. The molecule has 1 amide bonds. The zero-order valence-electron chi connectivity index (χ0n) is 17.7. The molecule has 0 bridgehead atoms. The summed E-state index contributed by atoms with van der Waals surface area (Å²) < 4.78 is 37.0. The first-order chi connectivity index (χ1) is 14.3. The number of sulfonamides is 1. The van der Waals surface area contributed by atoms with Gasteiger partial charge in [0.05, 0.1) is 24.7 Å². The maximum atomic E-state index is 12.6. The maximum Gasteiger partial charge on any atom is 0.251 e. The van der Waals surface area contributed by atoms with Crippen molar-refractivity contribution in [3.63, 3.8) is 0 Å². The number of likely N-dealkylation sites (N-methyl/N-ethyl adjacent to an activating group) is 1. The average molecular weight is 436 g/mol. The molecule has 0 aliphatic rings. The van der Waals surface area contributed by atoms with E-state index in [0.29, 0.717) is 12.1 Å². The van der Waals surface area contributed by atoms with E-state index in [1.165, 1.54) is 31.4 Å². The third kappa shape index (κ3) is 6.53. The first-order valence-electron chi connectivity index (χ1n) is 9.45. The fourth-order valence-electron chi connectivity index (χ4n) is 2.89. The lowest BCUT2D eigenvalue weighted by Gasteiger charge is -2.25. The number of nitrogens with one attached hydrogen (secondary N) is 2. The standard InChI is InChI=1S/C21H29N3O5S/c1-24(2)20(17-6-5-7-18(14-17)29-4)15-22-21(25)16-8-10-19(11-9-16)30(26,27)23-12-13-28-3/h5-11,14,20,23H,12-13,15H2,1-4H3,(H,22,25). The number of carbonyl (C=O) groups excluding carboxylic acids is 1. The summed E-state index contributed by atoms with van der Waals surface area (Å²) >= 11 is 0. The molecule has 0 aliphatic carbocycles. The van der Waals surface area contributed by atoms with Gasteiger partial charge in [-0.25, -0.2) is 13.1 Å². The zero-order valence-corrected chi connectivity index (χ0v) is 18.5. The monoisotopic (exact) mass is 435 g/mol. The molecule has 2 N–H and O–H groups in total. The van der Waals surface area contributed by atoms with Gasteiger partial charge in [0.15, 0.2) is 0 Å². The van der Waals surface area contributed by atoms with Gasteiger partial charge in [-0.1, -0.05) is 12.1 Å². The number of hydrogen-bond donors (Lipinski definition) is 2. The predicted molar refractivity (Wildman–Crippen MR) is 115 cm³/mol. The molecule has 0 saturated carbocycles. The van der Waals surface area contributed by atoms with Gasteiger partial charge in [-0.05, 0) is 56.1 Å². The number of carbonyl (C=O) groups is 1. The largest absolute Gasteiger partial charge is 0.497 e. The van der Waals surface area contributed by atoms with E-state index < -0.39 is 10.0 Å². The third-order valence-electron chi connectivity index (χ3n) is 4.58. The van der Waals surface area contributed by atoms with Crippen LogP contribution in [0.2, 0.25) is 0 Å². The van der Waals surface area contributed by atoms with Gasteiger partial charge in [0.1, 0.15) is 5.75 Å². The van der Waals surface area contributed by atoms with Crippen LogP contribution in [-0.2, 0) is 14.8 Å². The molecule has 1 atom stereocenters. The van der Waals surface area contributed by atoms with Crippen LogP contribution in [0.5, 0.6) is 5.75 Å². The fourth-order valence-corrected chi connectivity index (χ4v) is 3.90. The van der Waals surface area contributed by atoms with Crippen LogP contribution in [0.25, 0.3) is 0 Å².